The van der Waals surface area contributed by atoms with Gasteiger partial charge in [0.2, 0.25) is 5.91 Å². The molecule has 0 bridgehead atoms. The van der Waals surface area contributed by atoms with Gasteiger partial charge in [0.15, 0.2) is 0 Å². The van der Waals surface area contributed by atoms with Crippen LogP contribution in [-0.4, -0.2) is 31.6 Å². The summed E-state index contributed by atoms with van der Waals surface area (Å²) in [6.07, 6.45) is 4.41. The lowest BCUT2D eigenvalue weighted by Gasteiger charge is -2.16. The Morgan fingerprint density at radius 2 is 1.94 bits per heavy atom. The van der Waals surface area contributed by atoms with Gasteiger partial charge in [0.1, 0.15) is 6.04 Å². The minimum atomic E-state index is -0.582. The molecule has 0 rings (SSSR count). The van der Waals surface area contributed by atoms with Crippen LogP contribution in [0.3, 0.4) is 0 Å². The van der Waals surface area contributed by atoms with Crippen LogP contribution >= 0.6 is 0 Å². The molecule has 0 aromatic rings. The second kappa shape index (κ2) is 9.88. The highest BCUT2D eigenvalue weighted by atomic mass is 16.5. The lowest BCUT2D eigenvalue weighted by atomic mass is 9.94. The van der Waals surface area contributed by atoms with Gasteiger partial charge in [-0.05, 0) is 32.2 Å². The number of nitrogens with two attached hydrogens (primary N) is 1. The molecule has 3 N–H and O–H groups in total. The van der Waals surface area contributed by atoms with Crippen molar-refractivity contribution in [2.45, 2.75) is 52.0 Å². The van der Waals surface area contributed by atoms with Crippen LogP contribution in [0.1, 0.15) is 46.0 Å². The molecule has 0 aliphatic heterocycles. The monoisotopic (exact) mass is 258 g/mol. The summed E-state index contributed by atoms with van der Waals surface area (Å²) in [5, 5.41) is 2.63. The van der Waals surface area contributed by atoms with Crippen LogP contribution in [0.25, 0.3) is 0 Å². The molecule has 0 aliphatic carbocycles. The largest absolute Gasteiger partial charge is 0.467 e. The van der Waals surface area contributed by atoms with Gasteiger partial charge in [0.05, 0.1) is 7.11 Å². The molecule has 0 saturated heterocycles. The fraction of sp³-hybridized carbons (Fsp3) is 0.846. The Labute approximate surface area is 109 Å². The van der Waals surface area contributed by atoms with E-state index in [1.54, 1.807) is 6.92 Å². The SMILES string of the molecule is CCCC(CCN)CCC(=O)N[C@@H](C)C(=O)OC. The predicted octanol–water partition coefficient (Wildman–Crippen LogP) is 1.21. The van der Waals surface area contributed by atoms with Crippen molar-refractivity contribution in [3.05, 3.63) is 0 Å². The molecular formula is C13H26N2O3. The van der Waals surface area contributed by atoms with Crippen LogP contribution in [0, 0.1) is 5.92 Å². The molecular weight excluding hydrogens is 232 g/mol. The lowest BCUT2D eigenvalue weighted by Crippen LogP contribution is -2.39. The predicted molar refractivity (Wildman–Crippen MR) is 70.9 cm³/mol. The highest BCUT2D eigenvalue weighted by Crippen LogP contribution is 2.16. The Balaban J connectivity index is 3.96. The average molecular weight is 258 g/mol. The Bertz CT molecular complexity index is 251. The van der Waals surface area contributed by atoms with E-state index in [1.165, 1.54) is 7.11 Å². The van der Waals surface area contributed by atoms with E-state index >= 15 is 0 Å². The van der Waals surface area contributed by atoms with E-state index in [0.717, 1.165) is 25.7 Å². The van der Waals surface area contributed by atoms with Crippen molar-refractivity contribution in [2.24, 2.45) is 11.7 Å². The van der Waals surface area contributed by atoms with Gasteiger partial charge in [0, 0.05) is 6.42 Å². The molecule has 18 heavy (non-hydrogen) atoms. The number of hydrogen-bond donors (Lipinski definition) is 2. The Hall–Kier alpha value is -1.10. The first kappa shape index (κ1) is 16.9. The van der Waals surface area contributed by atoms with Crippen molar-refractivity contribution in [3.63, 3.8) is 0 Å². The Kier molecular flexibility index (Phi) is 9.28. The summed E-state index contributed by atoms with van der Waals surface area (Å²) in [5.74, 6) is -0.0272. The summed E-state index contributed by atoms with van der Waals surface area (Å²) in [4.78, 5) is 22.8. The van der Waals surface area contributed by atoms with E-state index in [4.69, 9.17) is 5.73 Å². The lowest BCUT2D eigenvalue weighted by molar-refractivity contribution is -0.144. The number of carbonyl (C=O) groups is 2. The van der Waals surface area contributed by atoms with E-state index in [0.29, 0.717) is 18.9 Å². The summed E-state index contributed by atoms with van der Waals surface area (Å²) in [7, 11) is 1.31. The number of hydrogen-bond acceptors (Lipinski definition) is 4. The molecule has 0 spiro atoms. The molecule has 2 atom stereocenters. The molecule has 1 amide bonds. The van der Waals surface area contributed by atoms with E-state index in [-0.39, 0.29) is 5.91 Å². The summed E-state index contributed by atoms with van der Waals surface area (Å²) >= 11 is 0. The molecule has 0 radical (unpaired) electrons. The smallest absolute Gasteiger partial charge is 0.328 e. The minimum Gasteiger partial charge on any atom is -0.467 e. The fourth-order valence-electron chi connectivity index (χ4n) is 1.96. The van der Waals surface area contributed by atoms with Gasteiger partial charge in [-0.25, -0.2) is 4.79 Å². The van der Waals surface area contributed by atoms with Crippen LogP contribution in [0.2, 0.25) is 0 Å². The molecule has 0 aliphatic rings. The topological polar surface area (TPSA) is 81.4 Å². The Morgan fingerprint density at radius 1 is 1.28 bits per heavy atom. The molecule has 0 aromatic heterocycles. The fourth-order valence-corrected chi connectivity index (χ4v) is 1.96. The molecule has 0 saturated carbocycles. The van der Waals surface area contributed by atoms with Crippen molar-refractivity contribution in [3.8, 4) is 0 Å². The first-order valence-electron chi connectivity index (χ1n) is 6.62. The number of carbonyl (C=O) groups excluding carboxylic acids is 2. The van der Waals surface area contributed by atoms with Gasteiger partial charge >= 0.3 is 5.97 Å². The van der Waals surface area contributed by atoms with Crippen molar-refractivity contribution in [1.82, 2.24) is 5.32 Å². The van der Waals surface area contributed by atoms with Crippen molar-refractivity contribution in [2.75, 3.05) is 13.7 Å². The second-order valence-corrected chi connectivity index (χ2v) is 4.58. The van der Waals surface area contributed by atoms with Gasteiger partial charge in [-0.3, -0.25) is 4.79 Å². The van der Waals surface area contributed by atoms with Crippen LogP contribution in [-0.2, 0) is 14.3 Å². The first-order chi connectivity index (χ1) is 8.54. The van der Waals surface area contributed by atoms with Crippen LogP contribution in [0.5, 0.6) is 0 Å². The van der Waals surface area contributed by atoms with Crippen LogP contribution < -0.4 is 11.1 Å². The van der Waals surface area contributed by atoms with Crippen LogP contribution in [0.15, 0.2) is 0 Å². The number of amides is 1. The molecule has 1 unspecified atom stereocenters. The third-order valence-electron chi connectivity index (χ3n) is 2.98. The van der Waals surface area contributed by atoms with Gasteiger partial charge in [0.25, 0.3) is 0 Å². The van der Waals surface area contributed by atoms with Gasteiger partial charge in [-0.1, -0.05) is 19.8 Å². The molecule has 106 valence electrons. The Morgan fingerprint density at radius 3 is 2.44 bits per heavy atom. The number of methoxy groups -OCH3 is 1. The van der Waals surface area contributed by atoms with Crippen molar-refractivity contribution in [1.29, 1.82) is 0 Å². The maximum Gasteiger partial charge on any atom is 0.328 e. The number of esters is 1. The zero-order chi connectivity index (χ0) is 14.0. The molecule has 0 fully saturated rings. The zero-order valence-electron chi connectivity index (χ0n) is 11.7. The van der Waals surface area contributed by atoms with Crippen molar-refractivity contribution < 1.29 is 14.3 Å². The van der Waals surface area contributed by atoms with E-state index < -0.39 is 12.0 Å². The number of ether oxygens (including phenoxy) is 1. The van der Waals surface area contributed by atoms with E-state index in [9.17, 15) is 9.59 Å². The summed E-state index contributed by atoms with van der Waals surface area (Å²) in [5.41, 5.74) is 5.54. The van der Waals surface area contributed by atoms with Gasteiger partial charge in [-0.2, -0.15) is 0 Å². The molecule has 0 heterocycles. The second-order valence-electron chi connectivity index (χ2n) is 4.58. The van der Waals surface area contributed by atoms with E-state index in [2.05, 4.69) is 17.0 Å². The molecule has 5 nitrogen and oxygen atoms in total. The minimum absolute atomic E-state index is 0.106. The summed E-state index contributed by atoms with van der Waals surface area (Å²) < 4.78 is 4.55. The molecule has 5 heteroatoms. The highest BCUT2D eigenvalue weighted by molar-refractivity contribution is 5.83. The third-order valence-corrected chi connectivity index (χ3v) is 2.98. The summed E-state index contributed by atoms with van der Waals surface area (Å²) in [6, 6.07) is -0.582. The zero-order valence-corrected chi connectivity index (χ0v) is 11.7. The maximum absolute atomic E-state index is 11.6. The quantitative estimate of drug-likeness (QED) is 0.609. The average Bonchev–Trinajstić information content (AvgIpc) is 2.35. The first-order valence-corrected chi connectivity index (χ1v) is 6.62. The normalized spacial score (nSPS) is 13.8. The van der Waals surface area contributed by atoms with Gasteiger partial charge in [-0.15, -0.1) is 0 Å². The van der Waals surface area contributed by atoms with Gasteiger partial charge < -0.3 is 15.8 Å². The van der Waals surface area contributed by atoms with Crippen LogP contribution in [0.4, 0.5) is 0 Å². The molecule has 0 aromatic carbocycles. The number of rotatable bonds is 9. The maximum atomic E-state index is 11.6. The third kappa shape index (κ3) is 7.27. The standard InChI is InChI=1S/C13H26N2O3/c1-4-5-11(8-9-14)6-7-12(16)15-10(2)13(17)18-3/h10-11H,4-9,14H2,1-3H3,(H,15,16)/t10-,11?/m0/s1. The van der Waals surface area contributed by atoms with E-state index in [1.807, 2.05) is 0 Å². The number of nitrogens with one attached hydrogen (secondary N) is 1. The highest BCUT2D eigenvalue weighted by Gasteiger charge is 2.16. The summed E-state index contributed by atoms with van der Waals surface area (Å²) in [6.45, 7) is 4.40. The van der Waals surface area contributed by atoms with Crippen molar-refractivity contribution >= 4 is 11.9 Å².